The topological polar surface area (TPSA) is 29.0 Å². The van der Waals surface area contributed by atoms with Gasteiger partial charge in [0.25, 0.3) is 0 Å². The van der Waals surface area contributed by atoms with Crippen molar-refractivity contribution in [2.45, 2.75) is 4.34 Å². The van der Waals surface area contributed by atoms with Gasteiger partial charge < -0.3 is 4.90 Å². The van der Waals surface area contributed by atoms with Crippen LogP contribution in [-0.2, 0) is 0 Å². The van der Waals surface area contributed by atoms with Gasteiger partial charge in [-0.25, -0.2) is 0 Å². The molecule has 0 aliphatic rings. The lowest BCUT2D eigenvalue weighted by atomic mass is 10.7. The molecule has 0 unspecified atom stereocenters. The van der Waals surface area contributed by atoms with Gasteiger partial charge in [-0.15, -0.1) is 10.2 Å². The van der Waals surface area contributed by atoms with Gasteiger partial charge in [0.05, 0.1) is 0 Å². The normalized spacial score (nSPS) is 11.0. The van der Waals surface area contributed by atoms with Crippen LogP contribution in [0.2, 0.25) is 0 Å². The minimum absolute atomic E-state index is 0.856. The molecule has 0 aromatic carbocycles. The summed E-state index contributed by atoms with van der Waals surface area (Å²) in [6.07, 6.45) is 0. The lowest BCUT2D eigenvalue weighted by Crippen LogP contribution is -2.14. The Morgan fingerprint density at radius 2 is 2.25 bits per heavy atom. The summed E-state index contributed by atoms with van der Waals surface area (Å²) in [5, 5.41) is 7.84. The lowest BCUT2D eigenvalue weighted by molar-refractivity contribution is 0.437. The van der Waals surface area contributed by atoms with E-state index in [1.165, 1.54) is 0 Å². The minimum Gasteiger partial charge on any atom is -0.309 e. The number of aromatic nitrogens is 2. The van der Waals surface area contributed by atoms with Gasteiger partial charge in [-0.2, -0.15) is 0 Å². The van der Waals surface area contributed by atoms with Gasteiger partial charge in [0, 0.05) is 12.3 Å². The zero-order valence-electron chi connectivity index (χ0n) is 6.95. The van der Waals surface area contributed by atoms with Gasteiger partial charge in [-0.3, -0.25) is 0 Å². The highest BCUT2D eigenvalue weighted by atomic mass is 79.9. The fourth-order valence-corrected chi connectivity index (χ4v) is 3.19. The molecule has 0 aliphatic heterocycles. The Balaban J connectivity index is 2.24. The summed E-state index contributed by atoms with van der Waals surface area (Å²) in [6.45, 7) is 1.07. The number of rotatable bonds is 4. The molecule has 0 spiro atoms. The van der Waals surface area contributed by atoms with Crippen molar-refractivity contribution in [3.63, 3.8) is 0 Å². The predicted molar refractivity (Wildman–Crippen MR) is 56.9 cm³/mol. The predicted octanol–water partition coefficient (Wildman–Crippen LogP) is 1.95. The molecule has 0 aliphatic carbocycles. The summed E-state index contributed by atoms with van der Waals surface area (Å²) in [7, 11) is 4.13. The maximum absolute atomic E-state index is 3.98. The number of hydrogen-bond acceptors (Lipinski definition) is 5. The van der Waals surface area contributed by atoms with Crippen LogP contribution < -0.4 is 0 Å². The molecule has 1 aromatic rings. The van der Waals surface area contributed by atoms with Crippen LogP contribution in [0.1, 0.15) is 0 Å². The average Bonchev–Trinajstić information content (AvgIpc) is 2.35. The van der Waals surface area contributed by atoms with Crippen molar-refractivity contribution in [3.05, 3.63) is 3.92 Å². The first-order valence-corrected chi connectivity index (χ1v) is 6.04. The molecule has 0 radical (unpaired) electrons. The third-order valence-electron chi connectivity index (χ3n) is 1.15. The van der Waals surface area contributed by atoms with Crippen molar-refractivity contribution in [1.82, 2.24) is 15.1 Å². The van der Waals surface area contributed by atoms with E-state index in [2.05, 4.69) is 45.1 Å². The maximum atomic E-state index is 3.98. The standard InChI is InChI=1S/C6H10BrN3S2/c1-10(2)3-4-11-6-9-8-5(7)12-6/h3-4H2,1-2H3. The van der Waals surface area contributed by atoms with Crippen molar-refractivity contribution < 1.29 is 0 Å². The fourth-order valence-electron chi connectivity index (χ4n) is 0.567. The summed E-state index contributed by atoms with van der Waals surface area (Å²) >= 11 is 6.60. The van der Waals surface area contributed by atoms with Gasteiger partial charge in [0.1, 0.15) is 0 Å². The highest BCUT2D eigenvalue weighted by Crippen LogP contribution is 2.24. The first kappa shape index (κ1) is 10.4. The number of hydrogen-bond donors (Lipinski definition) is 0. The Kier molecular flexibility index (Phi) is 4.49. The molecule has 12 heavy (non-hydrogen) atoms. The van der Waals surface area contributed by atoms with E-state index in [4.69, 9.17) is 0 Å². The Hall–Kier alpha value is 0.350. The molecule has 68 valence electrons. The van der Waals surface area contributed by atoms with Crippen LogP contribution in [0, 0.1) is 0 Å². The van der Waals surface area contributed by atoms with Crippen molar-refractivity contribution in [2.24, 2.45) is 0 Å². The molecule has 0 saturated heterocycles. The Labute approximate surface area is 88.7 Å². The van der Waals surface area contributed by atoms with Crippen LogP contribution in [0.3, 0.4) is 0 Å². The minimum atomic E-state index is 0.856. The highest BCUT2D eigenvalue weighted by molar-refractivity contribution is 9.11. The highest BCUT2D eigenvalue weighted by Gasteiger charge is 2.01. The van der Waals surface area contributed by atoms with Gasteiger partial charge in [-0.1, -0.05) is 23.1 Å². The summed E-state index contributed by atoms with van der Waals surface area (Å²) in [4.78, 5) is 2.16. The molecule has 0 amide bonds. The van der Waals surface area contributed by atoms with E-state index in [0.29, 0.717) is 0 Å². The van der Waals surface area contributed by atoms with Gasteiger partial charge in [-0.05, 0) is 30.0 Å². The molecule has 6 heteroatoms. The summed E-state index contributed by atoms with van der Waals surface area (Å²) in [5.41, 5.74) is 0. The smallest absolute Gasteiger partial charge is 0.184 e. The molecule has 1 aromatic heterocycles. The van der Waals surface area contributed by atoms with E-state index in [-0.39, 0.29) is 0 Å². The summed E-state index contributed by atoms with van der Waals surface area (Å²) in [5.74, 6) is 1.06. The molecular weight excluding hydrogens is 258 g/mol. The van der Waals surface area contributed by atoms with Gasteiger partial charge in [0.2, 0.25) is 0 Å². The lowest BCUT2D eigenvalue weighted by Gasteiger charge is -2.06. The Morgan fingerprint density at radius 1 is 1.50 bits per heavy atom. The van der Waals surface area contributed by atoms with Crippen LogP contribution in [0.4, 0.5) is 0 Å². The SMILES string of the molecule is CN(C)CCSc1nnc(Br)s1. The molecule has 0 fully saturated rings. The number of nitrogens with zero attached hydrogens (tertiary/aromatic N) is 3. The molecule has 0 saturated carbocycles. The zero-order valence-corrected chi connectivity index (χ0v) is 10.2. The second kappa shape index (κ2) is 5.16. The second-order valence-electron chi connectivity index (χ2n) is 2.47. The Morgan fingerprint density at radius 3 is 2.75 bits per heavy atom. The first-order chi connectivity index (χ1) is 5.68. The molecule has 0 N–H and O–H groups in total. The molecule has 0 atom stereocenters. The summed E-state index contributed by atoms with van der Waals surface area (Å²) in [6, 6.07) is 0. The van der Waals surface area contributed by atoms with E-state index in [1.807, 2.05) is 0 Å². The maximum Gasteiger partial charge on any atom is 0.184 e. The second-order valence-corrected chi connectivity index (χ2v) is 6.07. The van der Waals surface area contributed by atoms with E-state index in [9.17, 15) is 0 Å². The molecular formula is C6H10BrN3S2. The van der Waals surface area contributed by atoms with Crippen molar-refractivity contribution in [2.75, 3.05) is 26.4 Å². The first-order valence-electron chi connectivity index (χ1n) is 3.45. The fraction of sp³-hybridized carbons (Fsp3) is 0.667. The third-order valence-corrected chi connectivity index (χ3v) is 3.62. The quantitative estimate of drug-likeness (QED) is 0.780. The summed E-state index contributed by atoms with van der Waals surface area (Å²) < 4.78 is 1.89. The van der Waals surface area contributed by atoms with E-state index in [0.717, 1.165) is 20.6 Å². The van der Waals surface area contributed by atoms with Crippen LogP contribution in [0.15, 0.2) is 8.26 Å². The van der Waals surface area contributed by atoms with Crippen molar-refractivity contribution in [3.8, 4) is 0 Å². The number of halogens is 1. The Bertz CT molecular complexity index is 238. The average molecular weight is 268 g/mol. The van der Waals surface area contributed by atoms with Crippen LogP contribution in [-0.4, -0.2) is 41.5 Å². The van der Waals surface area contributed by atoms with Crippen molar-refractivity contribution in [1.29, 1.82) is 0 Å². The monoisotopic (exact) mass is 267 g/mol. The van der Waals surface area contributed by atoms with Crippen LogP contribution in [0.25, 0.3) is 0 Å². The van der Waals surface area contributed by atoms with Crippen molar-refractivity contribution >= 4 is 39.0 Å². The zero-order chi connectivity index (χ0) is 8.97. The largest absolute Gasteiger partial charge is 0.309 e. The number of thioether (sulfide) groups is 1. The molecule has 0 bridgehead atoms. The molecule has 3 nitrogen and oxygen atoms in total. The third kappa shape index (κ3) is 3.84. The van der Waals surface area contributed by atoms with E-state index >= 15 is 0 Å². The van der Waals surface area contributed by atoms with Crippen LogP contribution in [0.5, 0.6) is 0 Å². The van der Waals surface area contributed by atoms with E-state index in [1.54, 1.807) is 23.1 Å². The molecule has 1 heterocycles. The van der Waals surface area contributed by atoms with E-state index < -0.39 is 0 Å². The van der Waals surface area contributed by atoms with Gasteiger partial charge in [0.15, 0.2) is 8.26 Å². The van der Waals surface area contributed by atoms with Crippen LogP contribution >= 0.6 is 39.0 Å². The van der Waals surface area contributed by atoms with Gasteiger partial charge >= 0.3 is 0 Å². The molecule has 1 rings (SSSR count).